The molecule has 1 heterocycles. The first-order valence-electron chi connectivity index (χ1n) is 8.13. The molecule has 0 radical (unpaired) electrons. The van der Waals surface area contributed by atoms with Gasteiger partial charge in [-0.3, -0.25) is 14.4 Å². The topological polar surface area (TPSA) is 116 Å². The van der Waals surface area contributed by atoms with Crippen LogP contribution in [0.3, 0.4) is 0 Å². The number of rotatable bonds is 8. The van der Waals surface area contributed by atoms with Gasteiger partial charge in [-0.2, -0.15) is 0 Å². The fraction of sp³-hybridized carbons (Fsp3) is 0.235. The number of hydrogen-bond acceptors (Lipinski definition) is 5. The first-order chi connectivity index (χ1) is 13.3. The Hall–Kier alpha value is -3.05. The van der Waals surface area contributed by atoms with Crippen LogP contribution < -0.4 is 10.8 Å². The predicted octanol–water partition coefficient (Wildman–Crippen LogP) is -0.274. The smallest absolute Gasteiger partial charge is 0.480 e. The Labute approximate surface area is 159 Å². The molecule has 0 aromatic heterocycles. The number of carbonyl (C=O) groups excluding carboxylic acids is 2. The van der Waals surface area contributed by atoms with Crippen LogP contribution in [0.5, 0.6) is 0 Å². The van der Waals surface area contributed by atoms with Gasteiger partial charge >= 0.3 is 13.1 Å². The summed E-state index contributed by atoms with van der Waals surface area (Å²) in [4.78, 5) is 36.0. The van der Waals surface area contributed by atoms with Crippen molar-refractivity contribution in [3.63, 3.8) is 0 Å². The minimum absolute atomic E-state index is 0.00390. The number of carboxylic acid groups (broad SMARTS) is 1. The number of nitrogens with zero attached hydrogens (tertiary/aromatic N) is 1. The largest absolute Gasteiger partial charge is 0.494 e. The zero-order chi connectivity index (χ0) is 20.8. The number of carboxylic acids is 1. The van der Waals surface area contributed by atoms with E-state index in [-0.39, 0.29) is 37.1 Å². The molecule has 8 nitrogen and oxygen atoms in total. The van der Waals surface area contributed by atoms with Crippen LogP contribution in [0, 0.1) is 5.82 Å². The minimum atomic E-state index is -1.46. The van der Waals surface area contributed by atoms with E-state index in [0.29, 0.717) is 5.56 Å². The number of halogens is 2. The Morgan fingerprint density at radius 2 is 2.11 bits per heavy atom. The monoisotopic (exact) mass is 394 g/mol. The number of benzene rings is 1. The maximum Gasteiger partial charge on any atom is 0.494 e. The molecule has 148 valence electrons. The molecule has 28 heavy (non-hydrogen) atoms. The van der Waals surface area contributed by atoms with Gasteiger partial charge in [0.1, 0.15) is 12.4 Å². The second-order valence-electron chi connectivity index (χ2n) is 5.81. The van der Waals surface area contributed by atoms with Crippen LogP contribution in [0.4, 0.5) is 8.78 Å². The molecule has 0 saturated heterocycles. The second-order valence-corrected chi connectivity index (χ2v) is 5.81. The molecule has 1 aromatic rings. The van der Waals surface area contributed by atoms with Crippen molar-refractivity contribution in [2.24, 2.45) is 0 Å². The molecule has 0 bridgehead atoms. The van der Waals surface area contributed by atoms with E-state index < -0.39 is 42.8 Å². The third kappa shape index (κ3) is 4.62. The fourth-order valence-electron chi connectivity index (χ4n) is 2.63. The lowest BCUT2D eigenvalue weighted by Gasteiger charge is -2.21. The average molecular weight is 394 g/mol. The lowest BCUT2D eigenvalue weighted by Crippen LogP contribution is -2.42. The maximum absolute atomic E-state index is 14.5. The van der Waals surface area contributed by atoms with Gasteiger partial charge < -0.3 is 25.0 Å². The highest BCUT2D eigenvalue weighted by Gasteiger charge is 2.33. The van der Waals surface area contributed by atoms with Crippen LogP contribution in [0.25, 0.3) is 0 Å². The van der Waals surface area contributed by atoms with Crippen molar-refractivity contribution in [3.8, 4) is 0 Å². The van der Waals surface area contributed by atoms with Crippen molar-refractivity contribution in [2.75, 3.05) is 19.6 Å². The standard InChI is InChI=1S/C17H17BF2N2O6/c1-2-10(7-19)17(26)22(8-13(23)24)6-5-21-16(25)12-4-3-11-9-28-18(27)14(11)15(12)20/h2-4,7,27H,1,5-6,8-9H2,(H,21,25)(H,23,24)/b10-7-. The van der Waals surface area contributed by atoms with E-state index in [0.717, 1.165) is 11.0 Å². The van der Waals surface area contributed by atoms with Gasteiger partial charge in [-0.05, 0) is 11.6 Å². The molecule has 0 unspecified atom stereocenters. The minimum Gasteiger partial charge on any atom is -0.480 e. The summed E-state index contributed by atoms with van der Waals surface area (Å²) in [6.07, 6.45) is 0.930. The lowest BCUT2D eigenvalue weighted by atomic mass is 9.78. The van der Waals surface area contributed by atoms with Crippen LogP contribution in [0.1, 0.15) is 15.9 Å². The van der Waals surface area contributed by atoms with Crippen molar-refractivity contribution in [3.05, 3.63) is 53.6 Å². The molecule has 3 N–H and O–H groups in total. The van der Waals surface area contributed by atoms with Crippen LogP contribution >= 0.6 is 0 Å². The number of hydrogen-bond donors (Lipinski definition) is 3. The van der Waals surface area contributed by atoms with Gasteiger partial charge in [0.25, 0.3) is 11.8 Å². The number of amides is 2. The van der Waals surface area contributed by atoms with Crippen LogP contribution in [0.15, 0.2) is 36.7 Å². The van der Waals surface area contributed by atoms with Gasteiger partial charge in [-0.15, -0.1) is 0 Å². The molecular weight excluding hydrogens is 377 g/mol. The second kappa shape index (κ2) is 9.24. The number of carbonyl (C=O) groups is 3. The van der Waals surface area contributed by atoms with Gasteiger partial charge in [0, 0.05) is 18.6 Å². The number of aliphatic carboxylic acids is 1. The zero-order valence-corrected chi connectivity index (χ0v) is 14.7. The van der Waals surface area contributed by atoms with E-state index in [1.807, 2.05) is 0 Å². The molecule has 2 amide bonds. The summed E-state index contributed by atoms with van der Waals surface area (Å²) in [6.45, 7) is 2.08. The van der Waals surface area contributed by atoms with Crippen LogP contribution in [0.2, 0.25) is 0 Å². The molecule has 1 aliphatic heterocycles. The molecule has 0 atom stereocenters. The molecular formula is C17H17BF2N2O6. The molecule has 2 rings (SSSR count). The molecule has 0 fully saturated rings. The Bertz CT molecular complexity index is 845. The Morgan fingerprint density at radius 3 is 2.71 bits per heavy atom. The summed E-state index contributed by atoms with van der Waals surface area (Å²) in [5.41, 5.74) is -0.463. The van der Waals surface area contributed by atoms with E-state index in [2.05, 4.69) is 11.9 Å². The highest BCUT2D eigenvalue weighted by atomic mass is 19.1. The molecule has 0 saturated carbocycles. The molecule has 0 spiro atoms. The summed E-state index contributed by atoms with van der Waals surface area (Å²) in [5, 5.41) is 20.9. The lowest BCUT2D eigenvalue weighted by molar-refractivity contribution is -0.142. The van der Waals surface area contributed by atoms with Crippen molar-refractivity contribution < 1.29 is 37.9 Å². The third-order valence-electron chi connectivity index (χ3n) is 4.02. The first kappa shape index (κ1) is 21.3. The summed E-state index contributed by atoms with van der Waals surface area (Å²) < 4.78 is 32.0. The van der Waals surface area contributed by atoms with Gasteiger partial charge in [0.05, 0.1) is 24.1 Å². The van der Waals surface area contributed by atoms with Crippen LogP contribution in [-0.4, -0.2) is 59.6 Å². The number of fused-ring (bicyclic) bond motifs is 1. The summed E-state index contributed by atoms with van der Waals surface area (Å²) >= 11 is 0. The van der Waals surface area contributed by atoms with Gasteiger partial charge in [0.2, 0.25) is 0 Å². The predicted molar refractivity (Wildman–Crippen MR) is 94.7 cm³/mol. The van der Waals surface area contributed by atoms with Crippen molar-refractivity contribution in [2.45, 2.75) is 6.61 Å². The normalized spacial score (nSPS) is 13.1. The third-order valence-corrected chi connectivity index (χ3v) is 4.02. The van der Waals surface area contributed by atoms with E-state index in [1.54, 1.807) is 0 Å². The van der Waals surface area contributed by atoms with E-state index in [4.69, 9.17) is 9.76 Å². The van der Waals surface area contributed by atoms with Crippen LogP contribution in [-0.2, 0) is 20.9 Å². The highest BCUT2D eigenvalue weighted by molar-refractivity contribution is 6.61. The Morgan fingerprint density at radius 1 is 1.39 bits per heavy atom. The highest BCUT2D eigenvalue weighted by Crippen LogP contribution is 2.15. The molecule has 1 aliphatic rings. The zero-order valence-electron chi connectivity index (χ0n) is 14.7. The number of nitrogens with one attached hydrogen (secondary N) is 1. The quantitative estimate of drug-likeness (QED) is 0.318. The first-order valence-corrected chi connectivity index (χ1v) is 8.13. The van der Waals surface area contributed by atoms with E-state index in [9.17, 15) is 28.2 Å². The molecule has 1 aromatic carbocycles. The maximum atomic E-state index is 14.5. The van der Waals surface area contributed by atoms with Gasteiger partial charge in [0.15, 0.2) is 0 Å². The van der Waals surface area contributed by atoms with Gasteiger partial charge in [-0.1, -0.05) is 18.7 Å². The van der Waals surface area contributed by atoms with Crippen molar-refractivity contribution in [1.29, 1.82) is 0 Å². The van der Waals surface area contributed by atoms with Crippen molar-refractivity contribution in [1.82, 2.24) is 10.2 Å². The fourth-order valence-corrected chi connectivity index (χ4v) is 2.63. The Kier molecular flexibility index (Phi) is 7.02. The summed E-state index contributed by atoms with van der Waals surface area (Å²) in [6, 6.07) is 2.68. The van der Waals surface area contributed by atoms with E-state index in [1.165, 1.54) is 12.1 Å². The summed E-state index contributed by atoms with van der Waals surface area (Å²) in [7, 11) is -1.46. The van der Waals surface area contributed by atoms with Crippen molar-refractivity contribution >= 4 is 30.4 Å². The van der Waals surface area contributed by atoms with Gasteiger partial charge in [-0.25, -0.2) is 8.78 Å². The molecule has 0 aliphatic carbocycles. The Balaban J connectivity index is 2.05. The SMILES string of the molecule is C=C/C(=C/F)C(=O)N(CCNC(=O)c1ccc2c(c1F)B(O)OC2)CC(=O)O. The average Bonchev–Trinajstić information content (AvgIpc) is 3.03. The molecule has 11 heteroatoms. The van der Waals surface area contributed by atoms with E-state index >= 15 is 0 Å². The summed E-state index contributed by atoms with van der Waals surface area (Å²) in [5.74, 6) is -4.00.